The van der Waals surface area contributed by atoms with E-state index in [0.29, 0.717) is 6.42 Å². The first kappa shape index (κ1) is 17.5. The summed E-state index contributed by atoms with van der Waals surface area (Å²) in [6.45, 7) is 1.12. The fraction of sp³-hybridized carbons (Fsp3) is 0.733. The predicted octanol–water partition coefficient (Wildman–Crippen LogP) is 4.18. The first-order valence-electron chi connectivity index (χ1n) is 7.73. The van der Waals surface area contributed by atoms with Crippen LogP contribution in [0.15, 0.2) is 24.5 Å². The van der Waals surface area contributed by atoms with Crippen LogP contribution in [0.4, 0.5) is 0 Å². The summed E-state index contributed by atoms with van der Waals surface area (Å²) in [5.74, 6) is 0. The Hall–Kier alpha value is -0.570. The van der Waals surface area contributed by atoms with Crippen LogP contribution in [0.1, 0.15) is 57.8 Å². The molecule has 0 aliphatic rings. The monoisotopic (exact) mass is 301 g/mol. The van der Waals surface area contributed by atoms with E-state index in [0.717, 1.165) is 19.4 Å². The molecular weight excluding hydrogens is 273 g/mol. The maximum atomic E-state index is 10.6. The van der Waals surface area contributed by atoms with Gasteiger partial charge in [0.1, 0.15) is 0 Å². The zero-order valence-corrected chi connectivity index (χ0v) is 13.2. The highest BCUT2D eigenvalue weighted by atomic mass is 31.2. The average molecular weight is 301 g/mol. The van der Waals surface area contributed by atoms with Crippen LogP contribution >= 0.6 is 7.60 Å². The Morgan fingerprint density at radius 1 is 0.750 bits per heavy atom. The molecule has 4 nitrogen and oxygen atoms in total. The van der Waals surface area contributed by atoms with Gasteiger partial charge in [0.25, 0.3) is 0 Å². The molecule has 20 heavy (non-hydrogen) atoms. The van der Waals surface area contributed by atoms with Crippen molar-refractivity contribution in [1.82, 2.24) is 4.57 Å². The van der Waals surface area contributed by atoms with Gasteiger partial charge in [-0.15, -0.1) is 0 Å². The number of hydrogen-bond acceptors (Lipinski definition) is 1. The molecule has 1 heterocycles. The van der Waals surface area contributed by atoms with Gasteiger partial charge in [-0.2, -0.15) is 0 Å². The maximum absolute atomic E-state index is 10.6. The van der Waals surface area contributed by atoms with E-state index >= 15 is 0 Å². The molecule has 1 aromatic heterocycles. The lowest BCUT2D eigenvalue weighted by molar-refractivity contribution is 0.370. The summed E-state index contributed by atoms with van der Waals surface area (Å²) in [4.78, 5) is 17.4. The predicted molar refractivity (Wildman–Crippen MR) is 82.9 cm³/mol. The molecule has 116 valence electrons. The number of hydrogen-bond donors (Lipinski definition) is 2. The van der Waals surface area contributed by atoms with Crippen molar-refractivity contribution in [3.63, 3.8) is 0 Å². The second kappa shape index (κ2) is 10.2. The van der Waals surface area contributed by atoms with E-state index in [-0.39, 0.29) is 6.16 Å². The molecule has 0 saturated carbocycles. The van der Waals surface area contributed by atoms with Crippen LogP contribution in [0.3, 0.4) is 0 Å². The molecular formula is C15H28NO3P. The van der Waals surface area contributed by atoms with Crippen LogP contribution in [0.5, 0.6) is 0 Å². The molecule has 1 rings (SSSR count). The highest BCUT2D eigenvalue weighted by Gasteiger charge is 2.10. The van der Waals surface area contributed by atoms with E-state index in [1.807, 2.05) is 0 Å². The lowest BCUT2D eigenvalue weighted by Gasteiger charge is -2.04. The summed E-state index contributed by atoms with van der Waals surface area (Å²) in [5, 5.41) is 0. The molecule has 0 aromatic carbocycles. The SMILES string of the molecule is O=P(O)(O)CCCCCCCCCCCn1cccc1. The summed E-state index contributed by atoms with van der Waals surface area (Å²) in [6, 6.07) is 4.12. The molecule has 1 aromatic rings. The third kappa shape index (κ3) is 10.2. The Balaban J connectivity index is 1.78. The molecule has 0 atom stereocenters. The zero-order valence-electron chi connectivity index (χ0n) is 12.3. The van der Waals surface area contributed by atoms with Crippen LogP contribution < -0.4 is 0 Å². The van der Waals surface area contributed by atoms with Crippen molar-refractivity contribution in [3.05, 3.63) is 24.5 Å². The van der Waals surface area contributed by atoms with Crippen molar-refractivity contribution in [1.29, 1.82) is 0 Å². The molecule has 0 spiro atoms. The molecule has 5 heteroatoms. The van der Waals surface area contributed by atoms with E-state index in [9.17, 15) is 4.57 Å². The minimum atomic E-state index is -3.76. The molecule has 0 saturated heterocycles. The van der Waals surface area contributed by atoms with Crippen molar-refractivity contribution >= 4 is 7.60 Å². The van der Waals surface area contributed by atoms with Gasteiger partial charge < -0.3 is 14.4 Å². The Morgan fingerprint density at radius 2 is 1.20 bits per heavy atom. The second-order valence-electron chi connectivity index (χ2n) is 5.49. The quantitative estimate of drug-likeness (QED) is 0.450. The highest BCUT2D eigenvalue weighted by molar-refractivity contribution is 7.51. The van der Waals surface area contributed by atoms with E-state index in [1.54, 1.807) is 0 Å². The molecule has 0 amide bonds. The van der Waals surface area contributed by atoms with Crippen LogP contribution in [0, 0.1) is 0 Å². The molecule has 2 N–H and O–H groups in total. The molecule has 0 aliphatic carbocycles. The maximum Gasteiger partial charge on any atom is 0.325 e. The van der Waals surface area contributed by atoms with Gasteiger partial charge >= 0.3 is 7.60 Å². The van der Waals surface area contributed by atoms with E-state index < -0.39 is 7.60 Å². The first-order valence-corrected chi connectivity index (χ1v) is 9.53. The number of nitrogens with zero attached hydrogens (tertiary/aromatic N) is 1. The van der Waals surface area contributed by atoms with Crippen LogP contribution in [-0.4, -0.2) is 20.5 Å². The third-order valence-electron chi connectivity index (χ3n) is 3.53. The Bertz CT molecular complexity index is 372. The second-order valence-corrected chi connectivity index (χ2v) is 7.27. The standard InChI is InChI=1S/C15H28NO3P/c17-20(18,19)15-11-7-5-3-1-2-4-6-8-12-16-13-9-10-14-16/h9-10,13-14H,1-8,11-12,15H2,(H2,17,18,19). The van der Waals surface area contributed by atoms with Gasteiger partial charge in [0.05, 0.1) is 0 Å². The van der Waals surface area contributed by atoms with Crippen LogP contribution in [0.25, 0.3) is 0 Å². The van der Waals surface area contributed by atoms with Gasteiger partial charge in [0.2, 0.25) is 0 Å². The molecule has 0 aliphatic heterocycles. The molecule has 0 radical (unpaired) electrons. The normalized spacial score (nSPS) is 11.9. The first-order chi connectivity index (χ1) is 9.58. The van der Waals surface area contributed by atoms with Crippen LogP contribution in [-0.2, 0) is 11.1 Å². The molecule has 0 unspecified atom stereocenters. The Morgan fingerprint density at radius 3 is 1.70 bits per heavy atom. The fourth-order valence-electron chi connectivity index (χ4n) is 2.37. The minimum Gasteiger partial charge on any atom is -0.354 e. The van der Waals surface area contributed by atoms with Gasteiger partial charge in [-0.25, -0.2) is 0 Å². The van der Waals surface area contributed by atoms with Crippen molar-refractivity contribution in [2.45, 2.75) is 64.3 Å². The van der Waals surface area contributed by atoms with Crippen molar-refractivity contribution in [3.8, 4) is 0 Å². The minimum absolute atomic E-state index is 0.0480. The van der Waals surface area contributed by atoms with Crippen LogP contribution in [0.2, 0.25) is 0 Å². The van der Waals surface area contributed by atoms with Gasteiger partial charge in [-0.3, -0.25) is 4.57 Å². The Labute approximate surface area is 122 Å². The average Bonchev–Trinajstić information content (AvgIpc) is 2.87. The van der Waals surface area contributed by atoms with E-state index in [4.69, 9.17) is 9.79 Å². The Kier molecular flexibility index (Phi) is 8.92. The molecule has 0 fully saturated rings. The van der Waals surface area contributed by atoms with Crippen molar-refractivity contribution in [2.24, 2.45) is 0 Å². The highest BCUT2D eigenvalue weighted by Crippen LogP contribution is 2.35. The largest absolute Gasteiger partial charge is 0.354 e. The fourth-order valence-corrected chi connectivity index (χ4v) is 3.00. The van der Waals surface area contributed by atoms with Gasteiger partial charge in [-0.05, 0) is 25.0 Å². The number of unbranched alkanes of at least 4 members (excludes halogenated alkanes) is 8. The third-order valence-corrected chi connectivity index (χ3v) is 4.43. The number of aromatic nitrogens is 1. The lowest BCUT2D eigenvalue weighted by Crippen LogP contribution is -1.93. The van der Waals surface area contributed by atoms with E-state index in [2.05, 4.69) is 29.1 Å². The number of aryl methyl sites for hydroxylation is 1. The van der Waals surface area contributed by atoms with Gasteiger partial charge in [0.15, 0.2) is 0 Å². The van der Waals surface area contributed by atoms with E-state index in [1.165, 1.54) is 38.5 Å². The van der Waals surface area contributed by atoms with Gasteiger partial charge in [-0.1, -0.05) is 44.9 Å². The summed E-state index contributed by atoms with van der Waals surface area (Å²) in [5.41, 5.74) is 0. The number of rotatable bonds is 12. The molecule has 0 bridgehead atoms. The zero-order chi connectivity index (χ0) is 14.7. The smallest absolute Gasteiger partial charge is 0.325 e. The summed E-state index contributed by atoms with van der Waals surface area (Å²) in [7, 11) is -3.76. The summed E-state index contributed by atoms with van der Waals surface area (Å²) in [6.07, 6.45) is 14.5. The van der Waals surface area contributed by atoms with Crippen molar-refractivity contribution in [2.75, 3.05) is 6.16 Å². The summed E-state index contributed by atoms with van der Waals surface area (Å²) >= 11 is 0. The lowest BCUT2D eigenvalue weighted by atomic mass is 10.1. The van der Waals surface area contributed by atoms with Crippen molar-refractivity contribution < 1.29 is 14.4 Å². The summed E-state index contributed by atoms with van der Waals surface area (Å²) < 4.78 is 12.9. The topological polar surface area (TPSA) is 62.5 Å². The van der Waals surface area contributed by atoms with Gasteiger partial charge in [0, 0.05) is 25.1 Å².